The third-order valence-corrected chi connectivity index (χ3v) is 4.13. The minimum Gasteiger partial charge on any atom is -0.354 e. The first kappa shape index (κ1) is 18.0. The highest BCUT2D eigenvalue weighted by molar-refractivity contribution is 5.86. The summed E-state index contributed by atoms with van der Waals surface area (Å²) in [7, 11) is 0. The van der Waals surface area contributed by atoms with Crippen molar-refractivity contribution in [2.45, 2.75) is 53.0 Å². The summed E-state index contributed by atoms with van der Waals surface area (Å²) < 4.78 is 0. The monoisotopic (exact) mass is 297 g/mol. The second-order valence-electron chi connectivity index (χ2n) is 6.59. The average Bonchev–Trinajstić information content (AvgIpc) is 2.42. The van der Waals surface area contributed by atoms with E-state index >= 15 is 0 Å². The lowest BCUT2D eigenvalue weighted by Gasteiger charge is -2.30. The SMILES string of the molecule is CC(=O)NC(C(=O)NCCCN1CCC(C)CC1)C(C)C. The van der Waals surface area contributed by atoms with Gasteiger partial charge in [0.05, 0.1) is 0 Å². The van der Waals surface area contributed by atoms with Gasteiger partial charge in [0.25, 0.3) is 0 Å². The Morgan fingerprint density at radius 1 is 1.24 bits per heavy atom. The van der Waals surface area contributed by atoms with Crippen LogP contribution in [0.25, 0.3) is 0 Å². The molecule has 1 fully saturated rings. The van der Waals surface area contributed by atoms with Crippen molar-refractivity contribution in [1.82, 2.24) is 15.5 Å². The summed E-state index contributed by atoms with van der Waals surface area (Å²) in [5, 5.41) is 5.65. The van der Waals surface area contributed by atoms with E-state index < -0.39 is 6.04 Å². The summed E-state index contributed by atoms with van der Waals surface area (Å²) in [6, 6.07) is -0.432. The van der Waals surface area contributed by atoms with E-state index in [4.69, 9.17) is 0 Å². The first-order valence-corrected chi connectivity index (χ1v) is 8.17. The Morgan fingerprint density at radius 3 is 2.38 bits per heavy atom. The molecule has 0 spiro atoms. The number of likely N-dealkylation sites (tertiary alicyclic amines) is 1. The van der Waals surface area contributed by atoms with Gasteiger partial charge >= 0.3 is 0 Å². The second-order valence-corrected chi connectivity index (χ2v) is 6.59. The molecule has 0 aromatic carbocycles. The van der Waals surface area contributed by atoms with Gasteiger partial charge in [-0.25, -0.2) is 0 Å². The number of nitrogens with one attached hydrogen (secondary N) is 2. The van der Waals surface area contributed by atoms with Crippen LogP contribution >= 0.6 is 0 Å². The molecule has 122 valence electrons. The van der Waals surface area contributed by atoms with Crippen molar-refractivity contribution in [3.8, 4) is 0 Å². The molecular weight excluding hydrogens is 266 g/mol. The predicted molar refractivity (Wildman–Crippen MR) is 84.9 cm³/mol. The Balaban J connectivity index is 2.21. The fraction of sp³-hybridized carbons (Fsp3) is 0.875. The van der Waals surface area contributed by atoms with Crippen LogP contribution in [-0.2, 0) is 9.59 Å². The van der Waals surface area contributed by atoms with Crippen molar-refractivity contribution in [3.63, 3.8) is 0 Å². The molecule has 2 amide bonds. The Bertz CT molecular complexity index is 336. The summed E-state index contributed by atoms with van der Waals surface area (Å²) in [5.74, 6) is 0.710. The summed E-state index contributed by atoms with van der Waals surface area (Å²) in [6.45, 7) is 11.7. The number of hydrogen-bond donors (Lipinski definition) is 2. The maximum atomic E-state index is 12.1. The Morgan fingerprint density at radius 2 is 1.86 bits per heavy atom. The average molecular weight is 297 g/mol. The molecule has 0 aromatic rings. The number of carbonyl (C=O) groups is 2. The van der Waals surface area contributed by atoms with Gasteiger partial charge in [0.15, 0.2) is 0 Å². The molecule has 0 radical (unpaired) electrons. The van der Waals surface area contributed by atoms with Gasteiger partial charge in [0.1, 0.15) is 6.04 Å². The van der Waals surface area contributed by atoms with Crippen molar-refractivity contribution in [2.75, 3.05) is 26.2 Å². The topological polar surface area (TPSA) is 61.4 Å². The van der Waals surface area contributed by atoms with Crippen LogP contribution in [0.5, 0.6) is 0 Å². The highest BCUT2D eigenvalue weighted by atomic mass is 16.2. The highest BCUT2D eigenvalue weighted by Crippen LogP contribution is 2.15. The first-order chi connectivity index (χ1) is 9.90. The van der Waals surface area contributed by atoms with E-state index in [1.807, 2.05) is 13.8 Å². The van der Waals surface area contributed by atoms with Crippen LogP contribution in [0.2, 0.25) is 0 Å². The fourth-order valence-corrected chi connectivity index (χ4v) is 2.66. The van der Waals surface area contributed by atoms with Crippen LogP contribution in [0, 0.1) is 11.8 Å². The second kappa shape index (κ2) is 9.03. The molecule has 0 saturated carbocycles. The fourth-order valence-electron chi connectivity index (χ4n) is 2.66. The first-order valence-electron chi connectivity index (χ1n) is 8.17. The molecule has 1 rings (SSSR count). The van der Waals surface area contributed by atoms with E-state index in [2.05, 4.69) is 22.5 Å². The number of piperidine rings is 1. The van der Waals surface area contributed by atoms with Gasteiger partial charge in [-0.15, -0.1) is 0 Å². The third kappa shape index (κ3) is 6.93. The van der Waals surface area contributed by atoms with E-state index in [9.17, 15) is 9.59 Å². The molecule has 1 heterocycles. The molecule has 1 atom stereocenters. The van der Waals surface area contributed by atoms with Crippen LogP contribution in [-0.4, -0.2) is 48.9 Å². The minimum absolute atomic E-state index is 0.0764. The predicted octanol–water partition coefficient (Wildman–Crippen LogP) is 1.39. The van der Waals surface area contributed by atoms with E-state index in [1.165, 1.54) is 32.9 Å². The van der Waals surface area contributed by atoms with Gasteiger partial charge in [-0.3, -0.25) is 9.59 Å². The van der Waals surface area contributed by atoms with E-state index in [0.717, 1.165) is 18.9 Å². The Kier molecular flexibility index (Phi) is 7.72. The van der Waals surface area contributed by atoms with Crippen LogP contribution < -0.4 is 10.6 Å². The molecule has 1 aliphatic rings. The number of carbonyl (C=O) groups excluding carboxylic acids is 2. The quantitative estimate of drug-likeness (QED) is 0.698. The van der Waals surface area contributed by atoms with Crippen molar-refractivity contribution < 1.29 is 9.59 Å². The summed E-state index contributed by atoms with van der Waals surface area (Å²) >= 11 is 0. The largest absolute Gasteiger partial charge is 0.354 e. The number of nitrogens with zero attached hydrogens (tertiary/aromatic N) is 1. The summed E-state index contributed by atoms with van der Waals surface area (Å²) in [6.07, 6.45) is 3.53. The maximum Gasteiger partial charge on any atom is 0.242 e. The van der Waals surface area contributed by atoms with Crippen molar-refractivity contribution in [3.05, 3.63) is 0 Å². The van der Waals surface area contributed by atoms with Gasteiger partial charge in [-0.1, -0.05) is 20.8 Å². The lowest BCUT2D eigenvalue weighted by Crippen LogP contribution is -2.49. The third-order valence-electron chi connectivity index (χ3n) is 4.13. The van der Waals surface area contributed by atoms with Crippen molar-refractivity contribution in [1.29, 1.82) is 0 Å². The molecule has 1 saturated heterocycles. The molecule has 21 heavy (non-hydrogen) atoms. The van der Waals surface area contributed by atoms with E-state index in [-0.39, 0.29) is 17.7 Å². The standard InChI is InChI=1S/C16H31N3O2/c1-12(2)15(18-14(4)20)16(21)17-8-5-9-19-10-6-13(3)7-11-19/h12-13,15H,5-11H2,1-4H3,(H,17,21)(H,18,20). The minimum atomic E-state index is -0.432. The molecule has 5 heteroatoms. The number of amides is 2. The molecule has 5 nitrogen and oxygen atoms in total. The molecule has 0 aliphatic carbocycles. The molecule has 1 unspecified atom stereocenters. The van der Waals surface area contributed by atoms with E-state index in [0.29, 0.717) is 6.54 Å². The van der Waals surface area contributed by atoms with Gasteiger partial charge in [-0.05, 0) is 50.7 Å². The van der Waals surface area contributed by atoms with Crippen molar-refractivity contribution >= 4 is 11.8 Å². The molecule has 2 N–H and O–H groups in total. The van der Waals surface area contributed by atoms with Crippen LogP contribution in [0.15, 0.2) is 0 Å². The lowest BCUT2D eigenvalue weighted by molar-refractivity contribution is -0.129. The Hall–Kier alpha value is -1.10. The normalized spacial score (nSPS) is 18.5. The zero-order valence-corrected chi connectivity index (χ0v) is 13.9. The molecule has 0 bridgehead atoms. The van der Waals surface area contributed by atoms with Crippen LogP contribution in [0.4, 0.5) is 0 Å². The van der Waals surface area contributed by atoms with Crippen molar-refractivity contribution in [2.24, 2.45) is 11.8 Å². The van der Waals surface area contributed by atoms with Gasteiger partial charge in [0.2, 0.25) is 11.8 Å². The lowest BCUT2D eigenvalue weighted by atomic mass is 9.99. The van der Waals surface area contributed by atoms with Crippen LogP contribution in [0.3, 0.4) is 0 Å². The Labute approximate surface area is 128 Å². The zero-order valence-electron chi connectivity index (χ0n) is 13.9. The highest BCUT2D eigenvalue weighted by Gasteiger charge is 2.22. The molecule has 0 aromatic heterocycles. The molecule has 1 aliphatic heterocycles. The number of hydrogen-bond acceptors (Lipinski definition) is 3. The van der Waals surface area contributed by atoms with Crippen LogP contribution in [0.1, 0.15) is 47.0 Å². The number of rotatable bonds is 7. The van der Waals surface area contributed by atoms with Gasteiger partial charge < -0.3 is 15.5 Å². The van der Waals surface area contributed by atoms with E-state index in [1.54, 1.807) is 0 Å². The van der Waals surface area contributed by atoms with Gasteiger partial charge in [0, 0.05) is 13.5 Å². The van der Waals surface area contributed by atoms with Gasteiger partial charge in [-0.2, -0.15) is 0 Å². The zero-order chi connectivity index (χ0) is 15.8. The molecular formula is C16H31N3O2. The summed E-state index contributed by atoms with van der Waals surface area (Å²) in [5.41, 5.74) is 0. The maximum absolute atomic E-state index is 12.1. The summed E-state index contributed by atoms with van der Waals surface area (Å²) in [4.78, 5) is 25.7. The smallest absolute Gasteiger partial charge is 0.242 e.